The van der Waals surface area contributed by atoms with Gasteiger partial charge in [0.1, 0.15) is 11.9 Å². The van der Waals surface area contributed by atoms with Crippen LogP contribution >= 0.6 is 0 Å². The number of benzene rings is 1. The van der Waals surface area contributed by atoms with Crippen LogP contribution in [0.25, 0.3) is 0 Å². The Morgan fingerprint density at radius 1 is 1.05 bits per heavy atom. The summed E-state index contributed by atoms with van der Waals surface area (Å²) < 4.78 is 6.06. The summed E-state index contributed by atoms with van der Waals surface area (Å²) in [6, 6.07) is 8.57. The van der Waals surface area contributed by atoms with Crippen molar-refractivity contribution in [3.63, 3.8) is 0 Å². The SMILES string of the molecule is CCC(CNC(C)(C)C)Oc1ccc(C(C)CC)cc1. The maximum Gasteiger partial charge on any atom is 0.119 e. The smallest absolute Gasteiger partial charge is 0.119 e. The fourth-order valence-electron chi connectivity index (χ4n) is 1.99. The molecule has 1 aromatic rings. The second-order valence-corrected chi connectivity index (χ2v) is 6.66. The van der Waals surface area contributed by atoms with Crippen molar-refractivity contribution in [2.45, 2.75) is 71.9 Å². The molecule has 0 radical (unpaired) electrons. The molecule has 20 heavy (non-hydrogen) atoms. The predicted molar refractivity (Wildman–Crippen MR) is 87.6 cm³/mol. The number of hydrogen-bond donors (Lipinski definition) is 1. The summed E-state index contributed by atoms with van der Waals surface area (Å²) >= 11 is 0. The van der Waals surface area contributed by atoms with Gasteiger partial charge in [-0.3, -0.25) is 0 Å². The molecule has 0 fully saturated rings. The van der Waals surface area contributed by atoms with Gasteiger partial charge in [-0.2, -0.15) is 0 Å². The molecule has 1 aromatic carbocycles. The van der Waals surface area contributed by atoms with Crippen molar-refractivity contribution < 1.29 is 4.74 Å². The van der Waals surface area contributed by atoms with Crippen molar-refractivity contribution in [3.05, 3.63) is 29.8 Å². The third kappa shape index (κ3) is 5.96. The molecule has 0 spiro atoms. The Kier molecular flexibility index (Phi) is 6.54. The van der Waals surface area contributed by atoms with Crippen molar-refractivity contribution in [3.8, 4) is 5.75 Å². The van der Waals surface area contributed by atoms with E-state index in [0.29, 0.717) is 5.92 Å². The van der Waals surface area contributed by atoms with E-state index in [2.05, 4.69) is 71.1 Å². The fourth-order valence-corrected chi connectivity index (χ4v) is 1.99. The first-order chi connectivity index (χ1) is 9.35. The maximum absolute atomic E-state index is 6.06. The minimum Gasteiger partial charge on any atom is -0.489 e. The summed E-state index contributed by atoms with van der Waals surface area (Å²) in [5.74, 6) is 1.59. The second-order valence-electron chi connectivity index (χ2n) is 6.66. The standard InChI is InChI=1S/C18H31NO/c1-7-14(3)15-9-11-17(12-10-15)20-16(8-2)13-19-18(4,5)6/h9-12,14,16,19H,7-8,13H2,1-6H3. The quantitative estimate of drug-likeness (QED) is 0.777. The molecule has 0 saturated heterocycles. The number of nitrogens with one attached hydrogen (secondary N) is 1. The van der Waals surface area contributed by atoms with E-state index in [4.69, 9.17) is 4.74 Å². The second kappa shape index (κ2) is 7.68. The van der Waals surface area contributed by atoms with Crippen LogP contribution in [0.1, 0.15) is 65.9 Å². The van der Waals surface area contributed by atoms with E-state index >= 15 is 0 Å². The molecule has 0 saturated carbocycles. The summed E-state index contributed by atoms with van der Waals surface area (Å²) in [4.78, 5) is 0. The van der Waals surface area contributed by atoms with Crippen molar-refractivity contribution in [2.24, 2.45) is 0 Å². The molecule has 2 nitrogen and oxygen atoms in total. The van der Waals surface area contributed by atoms with Crippen molar-refractivity contribution in [1.82, 2.24) is 5.32 Å². The predicted octanol–water partition coefficient (Wildman–Crippen LogP) is 4.75. The van der Waals surface area contributed by atoms with Gasteiger partial charge in [-0.1, -0.05) is 32.9 Å². The highest BCUT2D eigenvalue weighted by atomic mass is 16.5. The average Bonchev–Trinajstić information content (AvgIpc) is 2.42. The first kappa shape index (κ1) is 17.0. The number of ether oxygens (including phenoxy) is 1. The third-order valence-corrected chi connectivity index (χ3v) is 3.68. The molecule has 1 N–H and O–H groups in total. The molecule has 0 aliphatic carbocycles. The molecule has 0 amide bonds. The topological polar surface area (TPSA) is 21.3 Å². The first-order valence-electron chi connectivity index (χ1n) is 7.87. The number of hydrogen-bond acceptors (Lipinski definition) is 2. The molecule has 0 heterocycles. The van der Waals surface area contributed by atoms with Crippen LogP contribution in [0, 0.1) is 0 Å². The van der Waals surface area contributed by atoms with Gasteiger partial charge in [-0.05, 0) is 57.2 Å². The van der Waals surface area contributed by atoms with Gasteiger partial charge in [0.15, 0.2) is 0 Å². The van der Waals surface area contributed by atoms with E-state index in [1.165, 1.54) is 12.0 Å². The Balaban J connectivity index is 2.57. The lowest BCUT2D eigenvalue weighted by Gasteiger charge is -2.25. The van der Waals surface area contributed by atoms with Crippen LogP contribution in [0.5, 0.6) is 5.75 Å². The van der Waals surface area contributed by atoms with Crippen molar-refractivity contribution >= 4 is 0 Å². The molecule has 2 atom stereocenters. The number of rotatable bonds is 7. The zero-order valence-corrected chi connectivity index (χ0v) is 14.0. The van der Waals surface area contributed by atoms with Gasteiger partial charge in [0, 0.05) is 12.1 Å². The van der Waals surface area contributed by atoms with Crippen LogP contribution < -0.4 is 10.1 Å². The minimum absolute atomic E-state index is 0.136. The molecule has 114 valence electrons. The van der Waals surface area contributed by atoms with Crippen LogP contribution in [-0.4, -0.2) is 18.2 Å². The van der Waals surface area contributed by atoms with E-state index in [0.717, 1.165) is 18.7 Å². The highest BCUT2D eigenvalue weighted by molar-refractivity contribution is 5.29. The molecule has 0 aromatic heterocycles. The van der Waals surface area contributed by atoms with E-state index in [1.807, 2.05) is 0 Å². The Labute approximate surface area is 124 Å². The van der Waals surface area contributed by atoms with Gasteiger partial charge in [-0.15, -0.1) is 0 Å². The molecular formula is C18H31NO. The minimum atomic E-state index is 0.136. The fraction of sp³-hybridized carbons (Fsp3) is 0.667. The summed E-state index contributed by atoms with van der Waals surface area (Å²) in [6.45, 7) is 14.1. The van der Waals surface area contributed by atoms with Crippen LogP contribution in [-0.2, 0) is 0 Å². The third-order valence-electron chi connectivity index (χ3n) is 3.68. The van der Waals surface area contributed by atoms with Gasteiger partial charge in [-0.25, -0.2) is 0 Å². The summed E-state index contributed by atoms with van der Waals surface area (Å²) in [5.41, 5.74) is 1.53. The Bertz CT molecular complexity index is 377. The van der Waals surface area contributed by atoms with Crippen LogP contribution in [0.3, 0.4) is 0 Å². The normalized spacial score (nSPS) is 14.9. The van der Waals surface area contributed by atoms with E-state index in [9.17, 15) is 0 Å². The Morgan fingerprint density at radius 2 is 1.65 bits per heavy atom. The molecule has 1 rings (SSSR count). The lowest BCUT2D eigenvalue weighted by atomic mass is 9.99. The largest absolute Gasteiger partial charge is 0.489 e. The van der Waals surface area contributed by atoms with Crippen molar-refractivity contribution in [2.75, 3.05) is 6.54 Å². The van der Waals surface area contributed by atoms with Crippen LogP contribution in [0.4, 0.5) is 0 Å². The summed E-state index contributed by atoms with van der Waals surface area (Å²) in [7, 11) is 0. The molecule has 2 heteroatoms. The lowest BCUT2D eigenvalue weighted by Crippen LogP contribution is -2.42. The van der Waals surface area contributed by atoms with E-state index in [1.54, 1.807) is 0 Å². The van der Waals surface area contributed by atoms with Crippen LogP contribution in [0.15, 0.2) is 24.3 Å². The van der Waals surface area contributed by atoms with E-state index < -0.39 is 0 Å². The molecule has 0 bridgehead atoms. The lowest BCUT2D eigenvalue weighted by molar-refractivity contribution is 0.181. The summed E-state index contributed by atoms with van der Waals surface area (Å²) in [6.07, 6.45) is 2.41. The molecular weight excluding hydrogens is 246 g/mol. The van der Waals surface area contributed by atoms with Gasteiger partial charge in [0.05, 0.1) is 0 Å². The molecule has 0 aliphatic rings. The average molecular weight is 277 g/mol. The maximum atomic E-state index is 6.06. The Morgan fingerprint density at radius 3 is 2.10 bits per heavy atom. The monoisotopic (exact) mass is 277 g/mol. The van der Waals surface area contributed by atoms with Gasteiger partial charge < -0.3 is 10.1 Å². The zero-order chi connectivity index (χ0) is 15.2. The van der Waals surface area contributed by atoms with Gasteiger partial charge in [0.2, 0.25) is 0 Å². The van der Waals surface area contributed by atoms with E-state index in [-0.39, 0.29) is 11.6 Å². The highest BCUT2D eigenvalue weighted by Gasteiger charge is 2.14. The zero-order valence-electron chi connectivity index (χ0n) is 14.0. The first-order valence-corrected chi connectivity index (χ1v) is 7.87. The molecule has 2 unspecified atom stereocenters. The van der Waals surface area contributed by atoms with Crippen LogP contribution in [0.2, 0.25) is 0 Å². The molecule has 0 aliphatic heterocycles. The van der Waals surface area contributed by atoms with Crippen molar-refractivity contribution in [1.29, 1.82) is 0 Å². The summed E-state index contributed by atoms with van der Waals surface area (Å²) in [5, 5.41) is 3.51. The van der Waals surface area contributed by atoms with Gasteiger partial charge >= 0.3 is 0 Å². The highest BCUT2D eigenvalue weighted by Crippen LogP contribution is 2.22. The van der Waals surface area contributed by atoms with Gasteiger partial charge in [0.25, 0.3) is 0 Å². The Hall–Kier alpha value is -1.02.